The molecule has 18 heavy (non-hydrogen) atoms. The summed E-state index contributed by atoms with van der Waals surface area (Å²) in [6.07, 6.45) is 0. The zero-order valence-corrected chi connectivity index (χ0v) is 13.0. The fourth-order valence-corrected chi connectivity index (χ4v) is 3.74. The van der Waals surface area contributed by atoms with Crippen molar-refractivity contribution >= 4 is 46.1 Å². The maximum absolute atomic E-state index is 6.12. The van der Waals surface area contributed by atoms with E-state index in [9.17, 15) is 0 Å². The van der Waals surface area contributed by atoms with Crippen LogP contribution in [0.5, 0.6) is 0 Å². The summed E-state index contributed by atoms with van der Waals surface area (Å²) in [5.74, 6) is 0. The largest absolute Gasteiger partial charge is 0.309 e. The highest BCUT2D eigenvalue weighted by atomic mass is 35.5. The molecule has 2 aromatic rings. The second-order valence-electron chi connectivity index (χ2n) is 4.03. The van der Waals surface area contributed by atoms with Gasteiger partial charge in [-0.2, -0.15) is 0 Å². The van der Waals surface area contributed by atoms with E-state index in [4.69, 9.17) is 34.8 Å². The van der Waals surface area contributed by atoms with Crippen LogP contribution in [-0.4, -0.2) is 7.05 Å². The lowest BCUT2D eigenvalue weighted by Gasteiger charge is -2.15. The van der Waals surface area contributed by atoms with Crippen molar-refractivity contribution in [3.8, 4) is 0 Å². The molecule has 0 spiro atoms. The number of halogens is 3. The highest BCUT2D eigenvalue weighted by molar-refractivity contribution is 7.16. The van der Waals surface area contributed by atoms with Crippen molar-refractivity contribution in [3.63, 3.8) is 0 Å². The zero-order chi connectivity index (χ0) is 13.3. The Labute approximate surface area is 126 Å². The maximum Gasteiger partial charge on any atom is 0.0961 e. The average Bonchev–Trinajstić information content (AvgIpc) is 2.58. The molecule has 0 bridgehead atoms. The molecule has 1 atom stereocenters. The van der Waals surface area contributed by atoms with E-state index >= 15 is 0 Å². The van der Waals surface area contributed by atoms with Gasteiger partial charge in [0.2, 0.25) is 0 Å². The molecule has 1 unspecified atom stereocenters. The molecular formula is C13H12Cl3NS. The first kappa shape index (κ1) is 14.2. The summed E-state index contributed by atoms with van der Waals surface area (Å²) in [4.78, 5) is 1.15. The van der Waals surface area contributed by atoms with Gasteiger partial charge in [-0.05, 0) is 49.4 Å². The van der Waals surface area contributed by atoms with Crippen LogP contribution in [0.3, 0.4) is 0 Å². The van der Waals surface area contributed by atoms with Gasteiger partial charge in [0.05, 0.1) is 10.4 Å². The molecular weight excluding hydrogens is 309 g/mol. The van der Waals surface area contributed by atoms with Crippen LogP contribution in [0.15, 0.2) is 24.3 Å². The van der Waals surface area contributed by atoms with Gasteiger partial charge in [0, 0.05) is 14.9 Å². The van der Waals surface area contributed by atoms with Crippen molar-refractivity contribution in [2.24, 2.45) is 0 Å². The third kappa shape index (κ3) is 3.01. The Bertz CT molecular complexity index is 526. The molecule has 0 aliphatic rings. The van der Waals surface area contributed by atoms with Crippen LogP contribution in [0, 0.1) is 6.92 Å². The van der Waals surface area contributed by atoms with E-state index in [1.165, 1.54) is 0 Å². The minimum Gasteiger partial charge on any atom is -0.309 e. The molecule has 1 heterocycles. The van der Waals surface area contributed by atoms with E-state index in [1.54, 1.807) is 17.4 Å². The molecule has 1 aromatic heterocycles. The summed E-state index contributed by atoms with van der Waals surface area (Å²) in [6, 6.07) is 7.70. The molecule has 0 saturated heterocycles. The Kier molecular flexibility index (Phi) is 4.57. The second kappa shape index (κ2) is 5.81. The van der Waals surface area contributed by atoms with Crippen LogP contribution >= 0.6 is 46.1 Å². The van der Waals surface area contributed by atoms with E-state index in [-0.39, 0.29) is 6.04 Å². The Morgan fingerprint density at radius 2 is 1.67 bits per heavy atom. The SMILES string of the molecule is CNC(c1cc(Cl)cc(Cl)c1)c1cc(C)c(Cl)s1. The predicted octanol–water partition coefficient (Wildman–Crippen LogP) is 5.33. The minimum atomic E-state index is 0.0531. The van der Waals surface area contributed by atoms with Crippen molar-refractivity contribution in [1.82, 2.24) is 5.32 Å². The molecule has 1 N–H and O–H groups in total. The lowest BCUT2D eigenvalue weighted by Crippen LogP contribution is -2.16. The zero-order valence-electron chi connectivity index (χ0n) is 9.93. The third-order valence-corrected chi connectivity index (χ3v) is 4.72. The number of nitrogens with one attached hydrogen (secondary N) is 1. The predicted molar refractivity (Wildman–Crippen MR) is 81.4 cm³/mol. The summed E-state index contributed by atoms with van der Waals surface area (Å²) in [6.45, 7) is 2.00. The lowest BCUT2D eigenvalue weighted by atomic mass is 10.1. The summed E-state index contributed by atoms with van der Waals surface area (Å²) in [7, 11) is 1.91. The van der Waals surface area contributed by atoms with Gasteiger partial charge in [-0.1, -0.05) is 34.8 Å². The fraction of sp³-hybridized carbons (Fsp3) is 0.231. The van der Waals surface area contributed by atoms with Crippen molar-refractivity contribution in [2.75, 3.05) is 7.05 Å². The van der Waals surface area contributed by atoms with E-state index in [0.29, 0.717) is 10.0 Å². The smallest absolute Gasteiger partial charge is 0.0961 e. The quantitative estimate of drug-likeness (QED) is 0.806. The Morgan fingerprint density at radius 1 is 1.06 bits per heavy atom. The average molecular weight is 321 g/mol. The number of benzene rings is 1. The van der Waals surface area contributed by atoms with E-state index in [1.807, 2.05) is 26.1 Å². The summed E-state index contributed by atoms with van der Waals surface area (Å²) in [5.41, 5.74) is 2.12. The molecule has 0 aliphatic heterocycles. The first-order valence-electron chi connectivity index (χ1n) is 5.40. The number of aryl methyl sites for hydroxylation is 1. The second-order valence-corrected chi connectivity index (χ2v) is 6.59. The molecule has 0 radical (unpaired) electrons. The Morgan fingerprint density at radius 3 is 2.11 bits per heavy atom. The van der Waals surface area contributed by atoms with E-state index < -0.39 is 0 Å². The molecule has 1 nitrogen and oxygen atoms in total. The summed E-state index contributed by atoms with van der Waals surface area (Å²) in [5, 5.41) is 4.54. The highest BCUT2D eigenvalue weighted by Gasteiger charge is 2.16. The molecule has 0 aliphatic carbocycles. The molecule has 5 heteroatoms. The van der Waals surface area contributed by atoms with Crippen LogP contribution in [0.1, 0.15) is 22.0 Å². The van der Waals surface area contributed by atoms with Gasteiger partial charge in [-0.25, -0.2) is 0 Å². The van der Waals surface area contributed by atoms with Gasteiger partial charge in [0.15, 0.2) is 0 Å². The Balaban J connectivity index is 2.44. The first-order chi connectivity index (χ1) is 8.51. The van der Waals surface area contributed by atoms with Crippen molar-refractivity contribution < 1.29 is 0 Å². The van der Waals surface area contributed by atoms with Crippen molar-refractivity contribution in [3.05, 3.63) is 54.7 Å². The number of thiophene rings is 1. The van der Waals surface area contributed by atoms with Crippen LogP contribution in [0.25, 0.3) is 0 Å². The third-order valence-electron chi connectivity index (χ3n) is 2.67. The van der Waals surface area contributed by atoms with Gasteiger partial charge < -0.3 is 5.32 Å². The standard InChI is InChI=1S/C13H12Cl3NS/c1-7-3-11(18-13(7)16)12(17-2)8-4-9(14)6-10(15)5-8/h3-6,12,17H,1-2H3. The van der Waals surface area contributed by atoms with E-state index in [0.717, 1.165) is 20.3 Å². The molecule has 2 rings (SSSR count). The van der Waals surface area contributed by atoms with Crippen LogP contribution in [-0.2, 0) is 0 Å². The van der Waals surface area contributed by atoms with E-state index in [2.05, 4.69) is 11.4 Å². The normalized spacial score (nSPS) is 12.7. The van der Waals surface area contributed by atoms with Crippen molar-refractivity contribution in [1.29, 1.82) is 0 Å². The van der Waals surface area contributed by atoms with Crippen LogP contribution in [0.4, 0.5) is 0 Å². The lowest BCUT2D eigenvalue weighted by molar-refractivity contribution is 0.704. The first-order valence-corrected chi connectivity index (χ1v) is 7.35. The molecule has 0 fully saturated rings. The van der Waals surface area contributed by atoms with Crippen molar-refractivity contribution in [2.45, 2.75) is 13.0 Å². The van der Waals surface area contributed by atoms with Crippen LogP contribution in [0.2, 0.25) is 14.4 Å². The highest BCUT2D eigenvalue weighted by Crippen LogP contribution is 2.35. The van der Waals surface area contributed by atoms with Gasteiger partial charge >= 0.3 is 0 Å². The topological polar surface area (TPSA) is 12.0 Å². The fourth-order valence-electron chi connectivity index (χ4n) is 1.84. The molecule has 1 aromatic carbocycles. The van der Waals surface area contributed by atoms with Gasteiger partial charge in [-0.15, -0.1) is 11.3 Å². The monoisotopic (exact) mass is 319 g/mol. The molecule has 0 saturated carbocycles. The van der Waals surface area contributed by atoms with Gasteiger partial charge in [-0.3, -0.25) is 0 Å². The van der Waals surface area contributed by atoms with Crippen LogP contribution < -0.4 is 5.32 Å². The minimum absolute atomic E-state index is 0.0531. The van der Waals surface area contributed by atoms with Gasteiger partial charge in [0.25, 0.3) is 0 Å². The Hall–Kier alpha value is -0.250. The molecule has 0 amide bonds. The molecule has 96 valence electrons. The number of hydrogen-bond acceptors (Lipinski definition) is 2. The number of hydrogen-bond donors (Lipinski definition) is 1. The maximum atomic E-state index is 6.12. The summed E-state index contributed by atoms with van der Waals surface area (Å²) >= 11 is 19.8. The number of rotatable bonds is 3. The summed E-state index contributed by atoms with van der Waals surface area (Å²) < 4.78 is 0.818. The van der Waals surface area contributed by atoms with Gasteiger partial charge in [0.1, 0.15) is 0 Å².